The number of hydrogen-bond acceptors (Lipinski definition) is 4. The number of hydrogen-bond donors (Lipinski definition) is 1. The lowest BCUT2D eigenvalue weighted by molar-refractivity contribution is -0.144. The van der Waals surface area contributed by atoms with E-state index in [0.717, 1.165) is 6.07 Å². The van der Waals surface area contributed by atoms with Crippen molar-refractivity contribution in [3.63, 3.8) is 0 Å². The van der Waals surface area contributed by atoms with Gasteiger partial charge in [-0.05, 0) is 45.4 Å². The van der Waals surface area contributed by atoms with E-state index in [1.165, 1.54) is 26.0 Å². The first kappa shape index (κ1) is 17.4. The molecule has 0 aliphatic rings. The SMILES string of the molecule is CCOC(=O)C(C)c1ccc(NS(=O)(=O)C(C)C)c(F)c1. The highest BCUT2D eigenvalue weighted by Crippen LogP contribution is 2.23. The van der Waals surface area contributed by atoms with E-state index in [1.54, 1.807) is 13.8 Å². The molecule has 118 valence electrons. The number of benzene rings is 1. The Balaban J connectivity index is 2.98. The van der Waals surface area contributed by atoms with Crippen molar-refractivity contribution in [1.29, 1.82) is 0 Å². The summed E-state index contributed by atoms with van der Waals surface area (Å²) in [6, 6.07) is 3.95. The standard InChI is InChI=1S/C14H20FNO4S/c1-5-20-14(17)10(4)11-6-7-13(12(15)8-11)16-21(18,19)9(2)3/h6-10,16H,5H2,1-4H3. The molecule has 0 aliphatic heterocycles. The van der Waals surface area contributed by atoms with Gasteiger partial charge in [0.25, 0.3) is 0 Å². The highest BCUT2D eigenvalue weighted by molar-refractivity contribution is 7.93. The van der Waals surface area contributed by atoms with Gasteiger partial charge in [-0.3, -0.25) is 9.52 Å². The first-order valence-electron chi connectivity index (χ1n) is 6.66. The van der Waals surface area contributed by atoms with Crippen molar-refractivity contribution >= 4 is 21.7 Å². The number of nitrogens with one attached hydrogen (secondary N) is 1. The Bertz CT molecular complexity index is 613. The van der Waals surface area contributed by atoms with Gasteiger partial charge in [-0.1, -0.05) is 6.07 Å². The number of carbonyl (C=O) groups excluding carboxylic acids is 1. The molecule has 0 bridgehead atoms. The molecule has 0 amide bonds. The number of ether oxygens (including phenoxy) is 1. The van der Waals surface area contributed by atoms with Crippen LogP contribution in [0.3, 0.4) is 0 Å². The van der Waals surface area contributed by atoms with Gasteiger partial charge in [0.1, 0.15) is 5.82 Å². The van der Waals surface area contributed by atoms with Gasteiger partial charge in [0, 0.05) is 0 Å². The lowest BCUT2D eigenvalue weighted by Crippen LogP contribution is -2.23. The van der Waals surface area contributed by atoms with Crippen molar-refractivity contribution in [1.82, 2.24) is 0 Å². The van der Waals surface area contributed by atoms with Crippen LogP contribution in [0.4, 0.5) is 10.1 Å². The summed E-state index contributed by atoms with van der Waals surface area (Å²) in [6.07, 6.45) is 0. The van der Waals surface area contributed by atoms with E-state index in [4.69, 9.17) is 4.74 Å². The molecule has 0 heterocycles. The van der Waals surface area contributed by atoms with Crippen LogP contribution >= 0.6 is 0 Å². The largest absolute Gasteiger partial charge is 0.466 e. The van der Waals surface area contributed by atoms with Crippen molar-refractivity contribution in [3.8, 4) is 0 Å². The number of rotatable bonds is 6. The molecule has 1 unspecified atom stereocenters. The predicted molar refractivity (Wildman–Crippen MR) is 79.1 cm³/mol. The molecule has 0 radical (unpaired) electrons. The third kappa shape index (κ3) is 4.42. The zero-order valence-electron chi connectivity index (χ0n) is 12.5. The third-order valence-corrected chi connectivity index (χ3v) is 4.75. The first-order valence-corrected chi connectivity index (χ1v) is 8.21. The monoisotopic (exact) mass is 317 g/mol. The molecular formula is C14H20FNO4S. The normalized spacial score (nSPS) is 13.0. The van der Waals surface area contributed by atoms with E-state index in [1.807, 2.05) is 0 Å². The topological polar surface area (TPSA) is 72.5 Å². The third-order valence-electron chi connectivity index (χ3n) is 3.01. The minimum absolute atomic E-state index is 0.136. The van der Waals surface area contributed by atoms with Crippen LogP contribution in [-0.4, -0.2) is 26.2 Å². The Morgan fingerprint density at radius 2 is 1.95 bits per heavy atom. The molecule has 1 aromatic carbocycles. The van der Waals surface area contributed by atoms with E-state index in [2.05, 4.69) is 4.72 Å². The minimum atomic E-state index is -3.61. The Morgan fingerprint density at radius 3 is 2.43 bits per heavy atom. The Morgan fingerprint density at radius 1 is 1.33 bits per heavy atom. The van der Waals surface area contributed by atoms with Gasteiger partial charge in [-0.25, -0.2) is 12.8 Å². The summed E-state index contributed by atoms with van der Waals surface area (Å²) >= 11 is 0. The second-order valence-corrected chi connectivity index (χ2v) is 7.15. The highest BCUT2D eigenvalue weighted by Gasteiger charge is 2.20. The maximum atomic E-state index is 14.0. The van der Waals surface area contributed by atoms with E-state index in [0.29, 0.717) is 5.56 Å². The highest BCUT2D eigenvalue weighted by atomic mass is 32.2. The van der Waals surface area contributed by atoms with Gasteiger partial charge in [-0.15, -0.1) is 0 Å². The fourth-order valence-electron chi connectivity index (χ4n) is 1.56. The summed E-state index contributed by atoms with van der Waals surface area (Å²) in [7, 11) is -3.61. The molecule has 1 rings (SSSR count). The Labute approximate surface area is 124 Å². The minimum Gasteiger partial charge on any atom is -0.466 e. The van der Waals surface area contributed by atoms with Crippen LogP contribution in [0, 0.1) is 5.82 Å². The summed E-state index contributed by atoms with van der Waals surface area (Å²) in [5.74, 6) is -1.80. The first-order chi connectivity index (χ1) is 9.69. The molecule has 7 heteroatoms. The molecule has 0 saturated carbocycles. The maximum absolute atomic E-state index is 14.0. The molecule has 1 N–H and O–H groups in total. The van der Waals surface area contributed by atoms with E-state index >= 15 is 0 Å². The van der Waals surface area contributed by atoms with Crippen molar-refractivity contribution in [2.24, 2.45) is 0 Å². The van der Waals surface area contributed by atoms with Gasteiger partial charge in [0.2, 0.25) is 10.0 Å². The quantitative estimate of drug-likeness (QED) is 0.819. The van der Waals surface area contributed by atoms with Gasteiger partial charge in [-0.2, -0.15) is 0 Å². The molecule has 0 aliphatic carbocycles. The fourth-order valence-corrected chi connectivity index (χ4v) is 2.27. The van der Waals surface area contributed by atoms with Gasteiger partial charge < -0.3 is 4.74 Å². The second-order valence-electron chi connectivity index (χ2n) is 4.91. The summed E-state index contributed by atoms with van der Waals surface area (Å²) < 4.78 is 44.5. The van der Waals surface area contributed by atoms with Crippen LogP contribution < -0.4 is 4.72 Å². The molecular weight excluding hydrogens is 297 g/mol. The smallest absolute Gasteiger partial charge is 0.313 e. The Kier molecular flexibility index (Phi) is 5.71. The average molecular weight is 317 g/mol. The predicted octanol–water partition coefficient (Wildman–Crippen LogP) is 2.64. The number of anilines is 1. The van der Waals surface area contributed by atoms with Gasteiger partial charge in [0.05, 0.1) is 23.5 Å². The molecule has 1 atom stereocenters. The zero-order valence-corrected chi connectivity index (χ0v) is 13.3. The lowest BCUT2D eigenvalue weighted by Gasteiger charge is -2.14. The van der Waals surface area contributed by atoms with Gasteiger partial charge in [0.15, 0.2) is 0 Å². The van der Waals surface area contributed by atoms with Gasteiger partial charge >= 0.3 is 5.97 Å². The van der Waals surface area contributed by atoms with Crippen LogP contribution in [0.15, 0.2) is 18.2 Å². The van der Waals surface area contributed by atoms with Crippen LogP contribution in [0.5, 0.6) is 0 Å². The van der Waals surface area contributed by atoms with Crippen LogP contribution in [0.25, 0.3) is 0 Å². The molecule has 0 fully saturated rings. The molecule has 0 saturated heterocycles. The van der Waals surface area contributed by atoms with Crippen molar-refractivity contribution in [2.75, 3.05) is 11.3 Å². The van der Waals surface area contributed by atoms with Crippen molar-refractivity contribution in [3.05, 3.63) is 29.6 Å². The van der Waals surface area contributed by atoms with Crippen LogP contribution in [0.2, 0.25) is 0 Å². The number of carbonyl (C=O) groups is 1. The zero-order chi connectivity index (χ0) is 16.2. The second kappa shape index (κ2) is 6.89. The van der Waals surface area contributed by atoms with Crippen LogP contribution in [-0.2, 0) is 19.6 Å². The molecule has 21 heavy (non-hydrogen) atoms. The lowest BCUT2D eigenvalue weighted by atomic mass is 10.0. The average Bonchev–Trinajstić information content (AvgIpc) is 2.40. The van der Waals surface area contributed by atoms with Crippen molar-refractivity contribution in [2.45, 2.75) is 38.9 Å². The maximum Gasteiger partial charge on any atom is 0.313 e. The molecule has 0 aromatic heterocycles. The number of sulfonamides is 1. The fraction of sp³-hybridized carbons (Fsp3) is 0.500. The summed E-state index contributed by atoms with van der Waals surface area (Å²) in [4.78, 5) is 11.6. The number of halogens is 1. The van der Waals surface area contributed by atoms with Crippen LogP contribution in [0.1, 0.15) is 39.2 Å². The van der Waals surface area contributed by atoms with E-state index in [-0.39, 0.29) is 12.3 Å². The molecule has 1 aromatic rings. The summed E-state index contributed by atoms with van der Waals surface area (Å²) in [6.45, 7) is 6.53. The Hall–Kier alpha value is -1.63. The van der Waals surface area contributed by atoms with Crippen molar-refractivity contribution < 1.29 is 22.3 Å². The molecule has 5 nitrogen and oxygen atoms in total. The van der Waals surface area contributed by atoms with E-state index < -0.39 is 33.0 Å². The number of esters is 1. The summed E-state index contributed by atoms with van der Waals surface area (Å²) in [5.41, 5.74) is 0.293. The van der Waals surface area contributed by atoms with E-state index in [9.17, 15) is 17.6 Å². The summed E-state index contributed by atoms with van der Waals surface area (Å²) in [5, 5.41) is -0.671. The molecule has 0 spiro atoms.